The Bertz CT molecular complexity index is 1120. The summed E-state index contributed by atoms with van der Waals surface area (Å²) in [5.74, 6) is 1.57. The summed E-state index contributed by atoms with van der Waals surface area (Å²) >= 11 is 1.55. The van der Waals surface area contributed by atoms with Crippen LogP contribution in [0.1, 0.15) is 26.2 Å². The molecule has 2 heterocycles. The molecule has 4 aromatic rings. The molecule has 154 valence electrons. The van der Waals surface area contributed by atoms with E-state index in [-0.39, 0.29) is 12.5 Å². The highest BCUT2D eigenvalue weighted by Crippen LogP contribution is 2.27. The van der Waals surface area contributed by atoms with Crippen molar-refractivity contribution in [3.63, 3.8) is 0 Å². The molecule has 2 aromatic carbocycles. The number of likely N-dealkylation sites (N-methyl/N-ethyl adjacent to an activating group) is 1. The molecule has 7 heteroatoms. The van der Waals surface area contributed by atoms with Crippen LogP contribution in [-0.2, 0) is 11.3 Å². The van der Waals surface area contributed by atoms with Gasteiger partial charge < -0.3 is 14.2 Å². The van der Waals surface area contributed by atoms with Gasteiger partial charge in [0.2, 0.25) is 11.7 Å². The highest BCUT2D eigenvalue weighted by Gasteiger charge is 2.26. The summed E-state index contributed by atoms with van der Waals surface area (Å²) in [7, 11) is 0. The molecule has 0 spiro atoms. The molecular formula is C23H23N3O3S. The number of nitrogens with zero attached hydrogens (tertiary/aromatic N) is 3. The van der Waals surface area contributed by atoms with Gasteiger partial charge in [-0.3, -0.25) is 4.79 Å². The molecule has 0 aliphatic carbocycles. The Morgan fingerprint density at radius 2 is 1.97 bits per heavy atom. The Morgan fingerprint density at radius 1 is 1.13 bits per heavy atom. The van der Waals surface area contributed by atoms with Crippen LogP contribution in [0.15, 0.2) is 64.5 Å². The van der Waals surface area contributed by atoms with Crippen LogP contribution >= 0.6 is 11.3 Å². The number of carbonyl (C=O) groups excluding carboxylic acids is 1. The molecule has 1 atom stereocenters. The second-order valence-corrected chi connectivity index (χ2v) is 7.78. The van der Waals surface area contributed by atoms with Crippen LogP contribution in [-0.4, -0.2) is 33.6 Å². The number of thiophene rings is 1. The smallest absolute Gasteiger partial charge is 0.264 e. The van der Waals surface area contributed by atoms with E-state index in [1.165, 1.54) is 0 Å². The molecule has 0 fully saturated rings. The van der Waals surface area contributed by atoms with Crippen LogP contribution in [0.25, 0.3) is 21.5 Å². The number of benzene rings is 2. The number of amides is 1. The molecule has 0 saturated heterocycles. The summed E-state index contributed by atoms with van der Waals surface area (Å²) in [5.41, 5.74) is 0. The summed E-state index contributed by atoms with van der Waals surface area (Å²) in [6.45, 7) is 4.65. The fraction of sp³-hybridized carbons (Fsp3) is 0.261. The predicted octanol–water partition coefficient (Wildman–Crippen LogP) is 5.16. The third-order valence-electron chi connectivity index (χ3n) is 4.89. The van der Waals surface area contributed by atoms with Gasteiger partial charge in [-0.05, 0) is 36.2 Å². The molecule has 0 aliphatic rings. The van der Waals surface area contributed by atoms with Gasteiger partial charge in [0.1, 0.15) is 12.3 Å². The normalized spacial score (nSPS) is 12.1. The summed E-state index contributed by atoms with van der Waals surface area (Å²) in [6.07, 6.45) is -0.0292. The SMILES string of the molecule is CC[C@H](Oc1cccc2ccccc12)C(=O)N(CC)Cc1nc(-c2cccs2)no1. The first-order valence-corrected chi connectivity index (χ1v) is 10.9. The van der Waals surface area contributed by atoms with E-state index < -0.39 is 6.10 Å². The van der Waals surface area contributed by atoms with E-state index in [1.807, 2.05) is 73.8 Å². The lowest BCUT2D eigenvalue weighted by Gasteiger charge is -2.25. The molecule has 0 N–H and O–H groups in total. The van der Waals surface area contributed by atoms with Crippen molar-refractivity contribution in [2.75, 3.05) is 6.54 Å². The molecule has 30 heavy (non-hydrogen) atoms. The van der Waals surface area contributed by atoms with E-state index in [1.54, 1.807) is 16.2 Å². The largest absolute Gasteiger partial charge is 0.480 e. The molecule has 0 bridgehead atoms. The van der Waals surface area contributed by atoms with Gasteiger partial charge in [0, 0.05) is 11.9 Å². The second kappa shape index (κ2) is 9.09. The first kappa shape index (κ1) is 20.1. The van der Waals surface area contributed by atoms with Crippen molar-refractivity contribution in [1.82, 2.24) is 15.0 Å². The van der Waals surface area contributed by atoms with E-state index in [9.17, 15) is 4.79 Å². The summed E-state index contributed by atoms with van der Waals surface area (Å²) in [4.78, 5) is 20.3. The fourth-order valence-corrected chi connectivity index (χ4v) is 3.95. The Kier molecular flexibility index (Phi) is 6.09. The summed E-state index contributed by atoms with van der Waals surface area (Å²) in [6, 6.07) is 17.7. The maximum Gasteiger partial charge on any atom is 0.264 e. The Balaban J connectivity index is 1.50. The number of ether oxygens (including phenoxy) is 1. The maximum atomic E-state index is 13.2. The van der Waals surface area contributed by atoms with E-state index >= 15 is 0 Å². The number of aromatic nitrogens is 2. The Labute approximate surface area is 179 Å². The van der Waals surface area contributed by atoms with E-state index in [0.717, 1.165) is 15.6 Å². The van der Waals surface area contributed by atoms with Crippen LogP contribution in [0, 0.1) is 0 Å². The highest BCUT2D eigenvalue weighted by molar-refractivity contribution is 7.13. The van der Waals surface area contributed by atoms with Crippen molar-refractivity contribution in [1.29, 1.82) is 0 Å². The van der Waals surface area contributed by atoms with Crippen LogP contribution in [0.5, 0.6) is 5.75 Å². The molecule has 0 aliphatic heterocycles. The van der Waals surface area contributed by atoms with Crippen molar-refractivity contribution < 1.29 is 14.1 Å². The zero-order valence-electron chi connectivity index (χ0n) is 16.9. The highest BCUT2D eigenvalue weighted by atomic mass is 32.1. The molecule has 0 radical (unpaired) electrons. The first-order chi connectivity index (χ1) is 14.7. The van der Waals surface area contributed by atoms with Crippen molar-refractivity contribution >= 4 is 28.0 Å². The monoisotopic (exact) mass is 421 g/mol. The molecular weight excluding hydrogens is 398 g/mol. The third kappa shape index (κ3) is 4.21. The van der Waals surface area contributed by atoms with Crippen LogP contribution in [0.3, 0.4) is 0 Å². The van der Waals surface area contributed by atoms with Gasteiger partial charge in [0.15, 0.2) is 6.10 Å². The summed E-state index contributed by atoms with van der Waals surface area (Å²) < 4.78 is 11.5. The quantitative estimate of drug-likeness (QED) is 0.393. The maximum absolute atomic E-state index is 13.2. The third-order valence-corrected chi connectivity index (χ3v) is 5.76. The van der Waals surface area contributed by atoms with Gasteiger partial charge in [-0.15, -0.1) is 11.3 Å². The minimum Gasteiger partial charge on any atom is -0.480 e. The molecule has 2 aromatic heterocycles. The van der Waals surface area contributed by atoms with Gasteiger partial charge in [0.05, 0.1) is 4.88 Å². The van der Waals surface area contributed by atoms with Crippen molar-refractivity contribution in [2.45, 2.75) is 32.9 Å². The van der Waals surface area contributed by atoms with Crippen molar-refractivity contribution in [3.05, 3.63) is 65.9 Å². The van der Waals surface area contributed by atoms with Gasteiger partial charge in [-0.1, -0.05) is 54.5 Å². The molecule has 4 rings (SSSR count). The second-order valence-electron chi connectivity index (χ2n) is 6.83. The molecule has 0 saturated carbocycles. The van der Waals surface area contributed by atoms with E-state index in [4.69, 9.17) is 9.26 Å². The predicted molar refractivity (Wildman–Crippen MR) is 117 cm³/mol. The van der Waals surface area contributed by atoms with Gasteiger partial charge >= 0.3 is 0 Å². The minimum atomic E-state index is -0.588. The summed E-state index contributed by atoms with van der Waals surface area (Å²) in [5, 5.41) is 8.06. The first-order valence-electron chi connectivity index (χ1n) is 9.99. The Hall–Kier alpha value is -3.19. The zero-order chi connectivity index (χ0) is 20.9. The molecule has 1 amide bonds. The Morgan fingerprint density at radius 3 is 2.73 bits per heavy atom. The van der Waals surface area contributed by atoms with Crippen molar-refractivity contribution in [3.8, 4) is 16.5 Å². The lowest BCUT2D eigenvalue weighted by Crippen LogP contribution is -2.41. The molecule has 6 nitrogen and oxygen atoms in total. The van der Waals surface area contributed by atoms with Gasteiger partial charge in [0.25, 0.3) is 5.91 Å². The number of hydrogen-bond donors (Lipinski definition) is 0. The number of fused-ring (bicyclic) bond motifs is 1. The lowest BCUT2D eigenvalue weighted by molar-refractivity contribution is -0.139. The van der Waals surface area contributed by atoms with Gasteiger partial charge in [-0.2, -0.15) is 4.98 Å². The fourth-order valence-electron chi connectivity index (χ4n) is 3.30. The number of carbonyl (C=O) groups is 1. The minimum absolute atomic E-state index is 0.0937. The number of rotatable bonds is 8. The number of hydrogen-bond acceptors (Lipinski definition) is 6. The lowest BCUT2D eigenvalue weighted by atomic mass is 10.1. The average molecular weight is 422 g/mol. The van der Waals surface area contributed by atoms with E-state index in [0.29, 0.717) is 30.4 Å². The zero-order valence-corrected chi connectivity index (χ0v) is 17.8. The van der Waals surface area contributed by atoms with Gasteiger partial charge in [-0.25, -0.2) is 0 Å². The standard InChI is InChI=1S/C23H23N3O3S/c1-3-18(28-19-12-7-10-16-9-5-6-11-17(16)19)23(27)26(4-2)15-21-24-22(25-29-21)20-13-8-14-30-20/h5-14,18H,3-4,15H2,1-2H3/t18-/m0/s1. The van der Waals surface area contributed by atoms with E-state index in [2.05, 4.69) is 10.1 Å². The van der Waals surface area contributed by atoms with Crippen LogP contribution < -0.4 is 4.74 Å². The molecule has 0 unspecified atom stereocenters. The average Bonchev–Trinajstić information content (AvgIpc) is 3.47. The van der Waals surface area contributed by atoms with Crippen LogP contribution in [0.4, 0.5) is 0 Å². The van der Waals surface area contributed by atoms with Crippen molar-refractivity contribution in [2.24, 2.45) is 0 Å². The topological polar surface area (TPSA) is 68.5 Å². The van der Waals surface area contributed by atoms with Crippen LogP contribution in [0.2, 0.25) is 0 Å².